The van der Waals surface area contributed by atoms with Gasteiger partial charge < -0.3 is 9.32 Å². The molecule has 3 aromatic rings. The molecule has 1 aliphatic heterocycles. The maximum atomic E-state index is 15.1. The van der Waals surface area contributed by atoms with E-state index in [0.717, 1.165) is 19.2 Å². The molecule has 1 fully saturated rings. The van der Waals surface area contributed by atoms with Crippen LogP contribution in [0.1, 0.15) is 38.7 Å². The molecule has 0 N–H and O–H groups in total. The Kier molecular flexibility index (Phi) is 7.11. The van der Waals surface area contributed by atoms with Crippen molar-refractivity contribution in [2.24, 2.45) is 0 Å². The third-order valence-electron chi connectivity index (χ3n) is 6.05. The highest BCUT2D eigenvalue weighted by atomic mass is 19.3. The van der Waals surface area contributed by atoms with Crippen LogP contribution < -0.4 is 4.90 Å². The number of carbonyl (C=O) groups excluding carboxylic acids is 1. The van der Waals surface area contributed by atoms with Gasteiger partial charge in [-0.25, -0.2) is 9.18 Å². The van der Waals surface area contributed by atoms with Crippen molar-refractivity contribution in [1.82, 2.24) is 20.0 Å². The van der Waals surface area contributed by atoms with E-state index in [1.165, 1.54) is 12.1 Å². The van der Waals surface area contributed by atoms with Gasteiger partial charge in [0, 0.05) is 48.5 Å². The van der Waals surface area contributed by atoms with E-state index in [9.17, 15) is 13.6 Å². The van der Waals surface area contributed by atoms with Crippen LogP contribution in [0.2, 0.25) is 0 Å². The average molecular weight is 488 g/mol. The number of para-hydroxylation sites is 1. The van der Waals surface area contributed by atoms with Crippen LogP contribution in [0, 0.1) is 5.82 Å². The predicted octanol–water partition coefficient (Wildman–Crippen LogP) is 5.36. The van der Waals surface area contributed by atoms with Gasteiger partial charge in [0.2, 0.25) is 5.89 Å². The van der Waals surface area contributed by atoms with Gasteiger partial charge in [-0.15, -0.1) is 10.2 Å². The summed E-state index contributed by atoms with van der Waals surface area (Å²) < 4.78 is 45.5. The molecule has 1 aliphatic rings. The van der Waals surface area contributed by atoms with E-state index in [1.807, 2.05) is 18.2 Å². The lowest BCUT2D eigenvalue weighted by atomic mass is 10.1. The average Bonchev–Trinajstić information content (AvgIpc) is 3.34. The van der Waals surface area contributed by atoms with Gasteiger partial charge in [0.1, 0.15) is 5.82 Å². The molecule has 0 spiro atoms. The van der Waals surface area contributed by atoms with E-state index in [2.05, 4.69) is 35.9 Å². The molecule has 1 saturated heterocycles. The first-order valence-corrected chi connectivity index (χ1v) is 11.4. The zero-order valence-corrected chi connectivity index (χ0v) is 19.9. The molecule has 0 atom stereocenters. The molecule has 2 heterocycles. The lowest BCUT2D eigenvalue weighted by molar-refractivity contribution is 0.0758. The molecule has 0 unspecified atom stereocenters. The van der Waals surface area contributed by atoms with Crippen LogP contribution in [0.3, 0.4) is 0 Å². The number of piperazine rings is 1. The predicted molar refractivity (Wildman–Crippen MR) is 126 cm³/mol. The van der Waals surface area contributed by atoms with Gasteiger partial charge in [0.05, 0.1) is 6.54 Å². The standard InChI is InChI=1S/C25H28F3N5O2/c1-25(2,3)32-13-11-31(12-14-32)24(34)33(19-7-5-4-6-8-19)16-18-10-9-17(15-20(18)26)22-29-30-23(35-22)21(27)28/h4-10,15,21H,11-14,16H2,1-3H3. The first-order chi connectivity index (χ1) is 16.6. The van der Waals surface area contributed by atoms with Gasteiger partial charge in [-0.1, -0.05) is 24.3 Å². The Balaban J connectivity index is 1.55. The molecule has 0 saturated carbocycles. The Morgan fingerprint density at radius 3 is 2.31 bits per heavy atom. The van der Waals surface area contributed by atoms with Crippen LogP contribution in [0.4, 0.5) is 23.7 Å². The first-order valence-electron chi connectivity index (χ1n) is 11.4. The molecule has 2 amide bonds. The molecule has 10 heteroatoms. The number of amides is 2. The summed E-state index contributed by atoms with van der Waals surface area (Å²) in [5.74, 6) is -1.62. The molecule has 2 aromatic carbocycles. The monoisotopic (exact) mass is 487 g/mol. The lowest BCUT2D eigenvalue weighted by Crippen LogP contribution is -2.57. The summed E-state index contributed by atoms with van der Waals surface area (Å²) in [5, 5.41) is 6.84. The smallest absolute Gasteiger partial charge is 0.324 e. The highest BCUT2D eigenvalue weighted by molar-refractivity contribution is 5.92. The second kappa shape index (κ2) is 10.1. The van der Waals surface area contributed by atoms with E-state index in [-0.39, 0.29) is 35.1 Å². The van der Waals surface area contributed by atoms with Crippen LogP contribution in [0.25, 0.3) is 11.5 Å². The van der Waals surface area contributed by atoms with Crippen molar-refractivity contribution in [2.45, 2.75) is 39.3 Å². The second-order valence-electron chi connectivity index (χ2n) is 9.40. The first kappa shape index (κ1) is 24.7. The third kappa shape index (κ3) is 5.64. The quantitative estimate of drug-likeness (QED) is 0.485. The summed E-state index contributed by atoms with van der Waals surface area (Å²) in [6.45, 7) is 9.11. The Bertz CT molecular complexity index is 1160. The van der Waals surface area contributed by atoms with Crippen molar-refractivity contribution in [3.05, 3.63) is 65.8 Å². The van der Waals surface area contributed by atoms with Gasteiger partial charge in [-0.2, -0.15) is 8.78 Å². The fourth-order valence-corrected chi connectivity index (χ4v) is 4.03. The zero-order chi connectivity index (χ0) is 25.2. The molecule has 0 radical (unpaired) electrons. The van der Waals surface area contributed by atoms with E-state index in [0.29, 0.717) is 18.8 Å². The fraction of sp³-hybridized carbons (Fsp3) is 0.400. The van der Waals surface area contributed by atoms with Crippen molar-refractivity contribution in [1.29, 1.82) is 0 Å². The molecule has 35 heavy (non-hydrogen) atoms. The molecule has 0 aliphatic carbocycles. The fourth-order valence-electron chi connectivity index (χ4n) is 4.03. The Labute approximate surface area is 202 Å². The molecule has 1 aromatic heterocycles. The lowest BCUT2D eigenvalue weighted by Gasteiger charge is -2.43. The highest BCUT2D eigenvalue weighted by Crippen LogP contribution is 2.27. The van der Waals surface area contributed by atoms with Crippen LogP contribution >= 0.6 is 0 Å². The molecular weight excluding hydrogens is 459 g/mol. The van der Waals surface area contributed by atoms with E-state index < -0.39 is 18.1 Å². The molecule has 0 bridgehead atoms. The normalized spacial score (nSPS) is 15.0. The van der Waals surface area contributed by atoms with E-state index in [4.69, 9.17) is 4.42 Å². The Hall–Kier alpha value is -3.40. The van der Waals surface area contributed by atoms with E-state index in [1.54, 1.807) is 21.9 Å². The van der Waals surface area contributed by atoms with Crippen LogP contribution in [0.15, 0.2) is 52.9 Å². The van der Waals surface area contributed by atoms with Gasteiger partial charge in [-0.3, -0.25) is 9.80 Å². The molecular formula is C25H28F3N5O2. The van der Waals surface area contributed by atoms with Crippen molar-refractivity contribution in [3.63, 3.8) is 0 Å². The number of nitrogens with zero attached hydrogens (tertiary/aromatic N) is 5. The van der Waals surface area contributed by atoms with Crippen molar-refractivity contribution in [3.8, 4) is 11.5 Å². The van der Waals surface area contributed by atoms with E-state index >= 15 is 4.39 Å². The summed E-state index contributed by atoms with van der Waals surface area (Å²) in [4.78, 5) is 19.2. The maximum absolute atomic E-state index is 15.1. The second-order valence-corrected chi connectivity index (χ2v) is 9.40. The minimum atomic E-state index is -2.91. The number of anilines is 1. The largest absolute Gasteiger partial charge is 0.415 e. The summed E-state index contributed by atoms with van der Waals surface area (Å²) in [7, 11) is 0. The number of rotatable bonds is 5. The highest BCUT2D eigenvalue weighted by Gasteiger charge is 2.31. The summed E-state index contributed by atoms with van der Waals surface area (Å²) >= 11 is 0. The maximum Gasteiger partial charge on any atom is 0.324 e. The number of carbonyl (C=O) groups is 1. The van der Waals surface area contributed by atoms with Crippen molar-refractivity contribution < 1.29 is 22.4 Å². The number of aromatic nitrogens is 2. The number of halogens is 3. The summed E-state index contributed by atoms with van der Waals surface area (Å²) in [6.07, 6.45) is -2.91. The zero-order valence-electron chi connectivity index (χ0n) is 19.9. The van der Waals surface area contributed by atoms with Crippen LogP contribution in [0.5, 0.6) is 0 Å². The number of alkyl halides is 2. The van der Waals surface area contributed by atoms with Crippen LogP contribution in [-0.4, -0.2) is 57.7 Å². The van der Waals surface area contributed by atoms with Gasteiger partial charge >= 0.3 is 12.5 Å². The van der Waals surface area contributed by atoms with Crippen LogP contribution in [-0.2, 0) is 6.54 Å². The Morgan fingerprint density at radius 2 is 1.74 bits per heavy atom. The number of hydrogen-bond acceptors (Lipinski definition) is 5. The van der Waals surface area contributed by atoms with Crippen molar-refractivity contribution >= 4 is 11.7 Å². The minimum absolute atomic E-state index is 0.000558. The minimum Gasteiger partial charge on any atom is -0.415 e. The summed E-state index contributed by atoms with van der Waals surface area (Å²) in [5.41, 5.74) is 1.13. The third-order valence-corrected chi connectivity index (χ3v) is 6.05. The molecule has 4 rings (SSSR count). The van der Waals surface area contributed by atoms with Crippen molar-refractivity contribution in [2.75, 3.05) is 31.1 Å². The Morgan fingerprint density at radius 1 is 1.06 bits per heavy atom. The molecule has 186 valence electrons. The number of urea groups is 1. The molecule has 7 nitrogen and oxygen atoms in total. The van der Waals surface area contributed by atoms with Gasteiger partial charge in [-0.05, 0) is 45.0 Å². The topological polar surface area (TPSA) is 65.7 Å². The summed E-state index contributed by atoms with van der Waals surface area (Å²) in [6, 6.07) is 13.1. The number of hydrogen-bond donors (Lipinski definition) is 0. The van der Waals surface area contributed by atoms with Gasteiger partial charge in [0.25, 0.3) is 5.89 Å². The number of benzene rings is 2. The van der Waals surface area contributed by atoms with Gasteiger partial charge in [0.15, 0.2) is 0 Å². The SMILES string of the molecule is CC(C)(C)N1CCN(C(=O)N(Cc2ccc(-c3nnc(C(F)F)o3)cc2F)c2ccccc2)CC1.